The third-order valence-electron chi connectivity index (χ3n) is 4.84. The number of benzene rings is 1. The first-order valence-corrected chi connectivity index (χ1v) is 8.35. The molecule has 3 rings (SSSR count). The molecule has 2 aromatic rings. The van der Waals surface area contributed by atoms with Crippen LogP contribution in [0.4, 0.5) is 5.95 Å². The Morgan fingerprint density at radius 2 is 1.95 bits per heavy atom. The lowest BCUT2D eigenvalue weighted by Crippen LogP contribution is -2.36. The first kappa shape index (κ1) is 15.2. The fourth-order valence-electron chi connectivity index (χ4n) is 3.39. The van der Waals surface area contributed by atoms with Crippen molar-refractivity contribution in [3.63, 3.8) is 0 Å². The number of hydrogen-bond donors (Lipinski definition) is 1. The van der Waals surface area contributed by atoms with E-state index < -0.39 is 0 Å². The number of aromatic nitrogens is 2. The van der Waals surface area contributed by atoms with E-state index in [1.807, 2.05) is 6.20 Å². The fraction of sp³-hybridized carbons (Fsp3) is 0.556. The van der Waals surface area contributed by atoms with E-state index in [0.29, 0.717) is 6.04 Å². The van der Waals surface area contributed by atoms with Gasteiger partial charge in [0.25, 0.3) is 0 Å². The minimum Gasteiger partial charge on any atom is -0.351 e. The predicted octanol–water partition coefficient (Wildman–Crippen LogP) is 3.48. The third-order valence-corrected chi connectivity index (χ3v) is 4.84. The summed E-state index contributed by atoms with van der Waals surface area (Å²) in [5.41, 5.74) is 2.38. The van der Waals surface area contributed by atoms with E-state index in [4.69, 9.17) is 4.98 Å². The van der Waals surface area contributed by atoms with Gasteiger partial charge in [0.05, 0.1) is 5.52 Å². The van der Waals surface area contributed by atoms with Gasteiger partial charge >= 0.3 is 0 Å². The molecule has 0 unspecified atom stereocenters. The minimum atomic E-state index is 0.502. The fourth-order valence-corrected chi connectivity index (χ4v) is 3.39. The Morgan fingerprint density at radius 1 is 1.18 bits per heavy atom. The largest absolute Gasteiger partial charge is 0.351 e. The highest BCUT2D eigenvalue weighted by Gasteiger charge is 2.22. The molecule has 1 fully saturated rings. The molecule has 1 aliphatic carbocycles. The molecule has 0 radical (unpaired) electrons. The Morgan fingerprint density at radius 3 is 2.64 bits per heavy atom. The van der Waals surface area contributed by atoms with E-state index in [0.717, 1.165) is 29.3 Å². The SMILES string of the molecule is CCc1cccc2cnc(NC3CCC(N(C)C)CC3)nc12. The number of para-hydroxylation sites is 1. The van der Waals surface area contributed by atoms with Crippen molar-refractivity contribution >= 4 is 16.9 Å². The number of fused-ring (bicyclic) bond motifs is 1. The molecule has 0 atom stereocenters. The van der Waals surface area contributed by atoms with E-state index >= 15 is 0 Å². The van der Waals surface area contributed by atoms with E-state index in [-0.39, 0.29) is 0 Å². The van der Waals surface area contributed by atoms with Gasteiger partial charge in [-0.15, -0.1) is 0 Å². The zero-order valence-electron chi connectivity index (χ0n) is 13.8. The topological polar surface area (TPSA) is 41.1 Å². The normalized spacial score (nSPS) is 22.2. The van der Waals surface area contributed by atoms with Crippen molar-refractivity contribution in [1.82, 2.24) is 14.9 Å². The number of hydrogen-bond acceptors (Lipinski definition) is 4. The van der Waals surface area contributed by atoms with E-state index in [1.54, 1.807) is 0 Å². The highest BCUT2D eigenvalue weighted by atomic mass is 15.1. The molecule has 22 heavy (non-hydrogen) atoms. The maximum absolute atomic E-state index is 4.76. The van der Waals surface area contributed by atoms with Crippen LogP contribution in [0, 0.1) is 0 Å². The average Bonchev–Trinajstić information content (AvgIpc) is 2.54. The first-order chi connectivity index (χ1) is 10.7. The van der Waals surface area contributed by atoms with Gasteiger partial charge in [-0.2, -0.15) is 0 Å². The smallest absolute Gasteiger partial charge is 0.223 e. The Kier molecular flexibility index (Phi) is 4.57. The molecule has 1 aromatic heterocycles. The van der Waals surface area contributed by atoms with E-state index in [9.17, 15) is 0 Å². The summed E-state index contributed by atoms with van der Waals surface area (Å²) in [4.78, 5) is 11.6. The summed E-state index contributed by atoms with van der Waals surface area (Å²) in [5, 5.41) is 4.67. The van der Waals surface area contributed by atoms with Gasteiger partial charge in [0.2, 0.25) is 5.95 Å². The molecule has 1 aliphatic rings. The molecular weight excluding hydrogens is 272 g/mol. The van der Waals surface area contributed by atoms with Crippen LogP contribution in [0.1, 0.15) is 38.2 Å². The Bertz CT molecular complexity index is 630. The number of aryl methyl sites for hydroxylation is 1. The van der Waals surface area contributed by atoms with E-state index in [2.05, 4.69) is 54.4 Å². The number of nitrogens with zero attached hydrogens (tertiary/aromatic N) is 3. The van der Waals surface area contributed by atoms with Crippen molar-refractivity contribution in [2.75, 3.05) is 19.4 Å². The Balaban J connectivity index is 1.72. The van der Waals surface area contributed by atoms with Crippen LogP contribution < -0.4 is 5.32 Å². The van der Waals surface area contributed by atoms with Gasteiger partial charge in [-0.3, -0.25) is 0 Å². The van der Waals surface area contributed by atoms with Crippen LogP contribution in [-0.2, 0) is 6.42 Å². The van der Waals surface area contributed by atoms with Gasteiger partial charge < -0.3 is 10.2 Å². The molecule has 4 heteroatoms. The van der Waals surface area contributed by atoms with Gasteiger partial charge in [-0.1, -0.05) is 25.1 Å². The van der Waals surface area contributed by atoms with Gasteiger partial charge in [0.15, 0.2) is 0 Å². The van der Waals surface area contributed by atoms with Crippen molar-refractivity contribution < 1.29 is 0 Å². The number of anilines is 1. The lowest BCUT2D eigenvalue weighted by Gasteiger charge is -2.32. The molecule has 0 amide bonds. The van der Waals surface area contributed by atoms with Crippen LogP contribution in [0.2, 0.25) is 0 Å². The molecule has 0 aliphatic heterocycles. The Hall–Kier alpha value is -1.68. The molecule has 4 nitrogen and oxygen atoms in total. The predicted molar refractivity (Wildman–Crippen MR) is 92.3 cm³/mol. The van der Waals surface area contributed by atoms with Gasteiger partial charge in [-0.05, 0) is 51.8 Å². The first-order valence-electron chi connectivity index (χ1n) is 8.35. The minimum absolute atomic E-state index is 0.502. The van der Waals surface area contributed by atoms with Crippen molar-refractivity contribution in [1.29, 1.82) is 0 Å². The highest BCUT2D eigenvalue weighted by molar-refractivity contribution is 5.81. The summed E-state index contributed by atoms with van der Waals surface area (Å²) < 4.78 is 0. The Labute approximate surface area is 133 Å². The molecule has 0 bridgehead atoms. The maximum atomic E-state index is 4.76. The molecule has 1 N–H and O–H groups in total. The molecule has 0 saturated heterocycles. The summed E-state index contributed by atoms with van der Waals surface area (Å²) in [6.45, 7) is 2.17. The maximum Gasteiger partial charge on any atom is 0.223 e. The monoisotopic (exact) mass is 298 g/mol. The second-order valence-electron chi connectivity index (χ2n) is 6.52. The summed E-state index contributed by atoms with van der Waals surface area (Å²) in [5.74, 6) is 0.779. The molecule has 118 valence electrons. The summed E-state index contributed by atoms with van der Waals surface area (Å²) in [7, 11) is 4.36. The molecule has 1 saturated carbocycles. The van der Waals surface area contributed by atoms with Crippen molar-refractivity contribution in [3.8, 4) is 0 Å². The van der Waals surface area contributed by atoms with Crippen molar-refractivity contribution in [2.45, 2.75) is 51.1 Å². The van der Waals surface area contributed by atoms with Crippen LogP contribution in [0.25, 0.3) is 10.9 Å². The van der Waals surface area contributed by atoms with Crippen molar-refractivity contribution in [2.24, 2.45) is 0 Å². The van der Waals surface area contributed by atoms with Crippen LogP contribution in [-0.4, -0.2) is 41.0 Å². The summed E-state index contributed by atoms with van der Waals surface area (Å²) in [6.07, 6.45) is 7.83. The lowest BCUT2D eigenvalue weighted by molar-refractivity contribution is 0.221. The zero-order chi connectivity index (χ0) is 15.5. The van der Waals surface area contributed by atoms with Crippen LogP contribution in [0.5, 0.6) is 0 Å². The van der Waals surface area contributed by atoms with Crippen LogP contribution in [0.15, 0.2) is 24.4 Å². The number of rotatable bonds is 4. The molecule has 1 aromatic carbocycles. The van der Waals surface area contributed by atoms with Gasteiger partial charge in [-0.25, -0.2) is 9.97 Å². The van der Waals surface area contributed by atoms with Crippen LogP contribution in [0.3, 0.4) is 0 Å². The van der Waals surface area contributed by atoms with Crippen molar-refractivity contribution in [3.05, 3.63) is 30.0 Å². The van der Waals surface area contributed by atoms with E-state index in [1.165, 1.54) is 31.2 Å². The summed E-state index contributed by atoms with van der Waals surface area (Å²) >= 11 is 0. The number of nitrogens with one attached hydrogen (secondary N) is 1. The second kappa shape index (κ2) is 6.61. The quantitative estimate of drug-likeness (QED) is 0.938. The summed E-state index contributed by atoms with van der Waals surface area (Å²) in [6, 6.07) is 7.55. The molecule has 0 spiro atoms. The lowest BCUT2D eigenvalue weighted by atomic mass is 9.90. The zero-order valence-corrected chi connectivity index (χ0v) is 13.8. The molecular formula is C18H26N4. The van der Waals surface area contributed by atoms with Gasteiger partial charge in [0.1, 0.15) is 0 Å². The standard InChI is InChI=1S/C18H26N4/c1-4-13-6-5-7-14-12-19-18(21-17(13)14)20-15-8-10-16(11-9-15)22(2)3/h5-7,12,15-16H,4,8-11H2,1-3H3,(H,19,20,21). The average molecular weight is 298 g/mol. The highest BCUT2D eigenvalue weighted by Crippen LogP contribution is 2.24. The van der Waals surface area contributed by atoms with Gasteiger partial charge in [0, 0.05) is 23.7 Å². The third kappa shape index (κ3) is 3.22. The second-order valence-corrected chi connectivity index (χ2v) is 6.52. The molecule has 1 heterocycles. The van der Waals surface area contributed by atoms with Crippen LogP contribution >= 0.6 is 0 Å².